The normalized spacial score (nSPS) is 20.7. The highest BCUT2D eigenvalue weighted by Gasteiger charge is 2.50. The van der Waals surface area contributed by atoms with Crippen LogP contribution in [0.3, 0.4) is 0 Å². The van der Waals surface area contributed by atoms with Crippen molar-refractivity contribution in [3.8, 4) is 0 Å². The van der Waals surface area contributed by atoms with Crippen LogP contribution >= 0.6 is 23.2 Å². The van der Waals surface area contributed by atoms with Gasteiger partial charge in [0.1, 0.15) is 0 Å². The van der Waals surface area contributed by atoms with E-state index in [9.17, 15) is 19.2 Å². The van der Waals surface area contributed by atoms with Crippen LogP contribution in [0.25, 0.3) is 0 Å². The number of amides is 3. The topological polar surface area (TPSA) is 92.8 Å². The molecule has 3 aromatic rings. The fraction of sp³-hybridized carbons (Fsp3) is 0.241. The van der Waals surface area contributed by atoms with Gasteiger partial charge in [0.05, 0.1) is 33.8 Å². The smallest absolute Gasteiger partial charge is 0.338 e. The molecule has 3 aromatic carbocycles. The van der Waals surface area contributed by atoms with Crippen LogP contribution in [0, 0.1) is 11.8 Å². The summed E-state index contributed by atoms with van der Waals surface area (Å²) in [6.45, 7) is -0.547. The maximum absolute atomic E-state index is 13.4. The largest absolute Gasteiger partial charge is 0.452 e. The maximum Gasteiger partial charge on any atom is 0.338 e. The summed E-state index contributed by atoms with van der Waals surface area (Å²) >= 11 is 11.9. The lowest BCUT2D eigenvalue weighted by atomic mass is 9.73. The SMILES string of the molecule is O=C(COC(=O)c1cccc(N2C(=O)[C@H]3C[C@@H](c4ccccc4)CC[C@H]3C2=O)c1)Nc1ccc(Cl)cc1Cl. The van der Waals surface area contributed by atoms with E-state index in [0.717, 1.165) is 6.42 Å². The van der Waals surface area contributed by atoms with Gasteiger partial charge in [-0.1, -0.05) is 59.6 Å². The van der Waals surface area contributed by atoms with Crippen LogP contribution in [0.15, 0.2) is 72.8 Å². The molecule has 3 atom stereocenters. The number of fused-ring (bicyclic) bond motifs is 1. The number of hydrogen-bond donors (Lipinski definition) is 1. The van der Waals surface area contributed by atoms with E-state index < -0.39 is 18.5 Å². The molecule has 0 bridgehead atoms. The van der Waals surface area contributed by atoms with E-state index in [1.165, 1.54) is 34.7 Å². The second kappa shape index (κ2) is 11.0. The molecule has 1 saturated heterocycles. The Morgan fingerprint density at radius 2 is 1.66 bits per heavy atom. The van der Waals surface area contributed by atoms with Crippen molar-refractivity contribution in [2.75, 3.05) is 16.8 Å². The molecule has 1 saturated carbocycles. The minimum absolute atomic E-state index is 0.123. The van der Waals surface area contributed by atoms with Crippen LogP contribution in [0.2, 0.25) is 10.0 Å². The van der Waals surface area contributed by atoms with E-state index in [1.807, 2.05) is 18.2 Å². The molecule has 1 aliphatic carbocycles. The number of ether oxygens (including phenoxy) is 1. The molecule has 7 nitrogen and oxygen atoms in total. The van der Waals surface area contributed by atoms with Gasteiger partial charge in [0.15, 0.2) is 6.61 Å². The molecule has 3 amide bonds. The van der Waals surface area contributed by atoms with Gasteiger partial charge < -0.3 is 10.1 Å². The lowest BCUT2D eigenvalue weighted by Gasteiger charge is -2.28. The Hall–Kier alpha value is -3.68. The van der Waals surface area contributed by atoms with Crippen molar-refractivity contribution in [2.24, 2.45) is 11.8 Å². The Morgan fingerprint density at radius 1 is 0.895 bits per heavy atom. The number of imide groups is 1. The maximum atomic E-state index is 13.4. The van der Waals surface area contributed by atoms with Crippen molar-refractivity contribution in [1.29, 1.82) is 0 Å². The number of esters is 1. The van der Waals surface area contributed by atoms with Crippen LogP contribution in [0.4, 0.5) is 11.4 Å². The summed E-state index contributed by atoms with van der Waals surface area (Å²) in [4.78, 5) is 52.7. The van der Waals surface area contributed by atoms with Crippen LogP contribution in [-0.2, 0) is 19.1 Å². The molecule has 2 aliphatic rings. The monoisotopic (exact) mass is 550 g/mol. The third-order valence-corrected chi connectivity index (χ3v) is 7.62. The number of rotatable bonds is 6. The summed E-state index contributed by atoms with van der Waals surface area (Å²) in [6, 6.07) is 20.8. The molecule has 1 N–H and O–H groups in total. The van der Waals surface area contributed by atoms with Crippen LogP contribution in [-0.4, -0.2) is 30.3 Å². The van der Waals surface area contributed by atoms with Crippen molar-refractivity contribution < 1.29 is 23.9 Å². The Labute approximate surface area is 229 Å². The zero-order valence-corrected chi connectivity index (χ0v) is 21.7. The fourth-order valence-electron chi connectivity index (χ4n) is 5.23. The molecule has 9 heteroatoms. The van der Waals surface area contributed by atoms with E-state index in [-0.39, 0.29) is 40.2 Å². The standard InChI is InChI=1S/C29H24Cl2N2O5/c30-20-10-12-25(24(31)15-20)32-26(34)16-38-29(37)19-7-4-8-21(13-19)33-27(35)22-11-9-18(14-23(22)28(33)36)17-5-2-1-3-6-17/h1-8,10,12-13,15,18,22-23H,9,11,14,16H2,(H,32,34)/t18-,22+,23-/m0/s1. The average molecular weight is 551 g/mol. The quantitative estimate of drug-likeness (QED) is 0.306. The van der Waals surface area contributed by atoms with Crippen molar-refractivity contribution >= 4 is 58.3 Å². The minimum atomic E-state index is -0.759. The van der Waals surface area contributed by atoms with Gasteiger partial charge in [0, 0.05) is 5.02 Å². The first-order valence-corrected chi connectivity index (χ1v) is 13.0. The summed E-state index contributed by atoms with van der Waals surface area (Å²) in [5.41, 5.74) is 1.95. The third kappa shape index (κ3) is 5.30. The van der Waals surface area contributed by atoms with Crippen LogP contribution in [0.5, 0.6) is 0 Å². The number of carbonyl (C=O) groups is 4. The first kappa shape index (κ1) is 25.9. The first-order valence-electron chi connectivity index (χ1n) is 12.3. The van der Waals surface area contributed by atoms with Gasteiger partial charge >= 0.3 is 5.97 Å². The molecule has 1 aliphatic heterocycles. The zero-order valence-electron chi connectivity index (χ0n) is 20.2. The zero-order chi connectivity index (χ0) is 26.8. The molecule has 5 rings (SSSR count). The molecular weight excluding hydrogens is 527 g/mol. The Balaban J connectivity index is 1.24. The van der Waals surface area contributed by atoms with E-state index in [0.29, 0.717) is 29.2 Å². The van der Waals surface area contributed by atoms with Crippen molar-refractivity contribution in [3.05, 3.63) is 94.0 Å². The molecule has 2 fully saturated rings. The van der Waals surface area contributed by atoms with Gasteiger partial charge in [-0.2, -0.15) is 0 Å². The van der Waals surface area contributed by atoms with Gasteiger partial charge in [-0.25, -0.2) is 4.79 Å². The predicted octanol–water partition coefficient (Wildman–Crippen LogP) is 5.86. The lowest BCUT2D eigenvalue weighted by Crippen LogP contribution is -2.31. The molecule has 194 valence electrons. The Bertz CT molecular complexity index is 1410. The number of hydrogen-bond acceptors (Lipinski definition) is 5. The first-order chi connectivity index (χ1) is 18.3. The van der Waals surface area contributed by atoms with Crippen LogP contribution < -0.4 is 10.2 Å². The number of nitrogens with zero attached hydrogens (tertiary/aromatic N) is 1. The molecule has 0 radical (unpaired) electrons. The van der Waals surface area contributed by atoms with Crippen molar-refractivity contribution in [3.63, 3.8) is 0 Å². The average Bonchev–Trinajstić information content (AvgIpc) is 3.18. The molecule has 0 spiro atoms. The van der Waals surface area contributed by atoms with E-state index >= 15 is 0 Å². The van der Waals surface area contributed by atoms with E-state index in [4.69, 9.17) is 27.9 Å². The highest BCUT2D eigenvalue weighted by atomic mass is 35.5. The number of halogens is 2. The summed E-state index contributed by atoms with van der Waals surface area (Å²) in [7, 11) is 0. The van der Waals surface area contributed by atoms with Crippen molar-refractivity contribution in [1.82, 2.24) is 0 Å². The Morgan fingerprint density at radius 3 is 2.42 bits per heavy atom. The second-order valence-corrected chi connectivity index (χ2v) is 10.3. The number of anilines is 2. The third-order valence-electron chi connectivity index (χ3n) is 7.08. The molecular formula is C29H24Cl2N2O5. The lowest BCUT2D eigenvalue weighted by molar-refractivity contribution is -0.122. The van der Waals surface area contributed by atoms with Gasteiger partial charge in [0.2, 0.25) is 11.8 Å². The summed E-state index contributed by atoms with van der Waals surface area (Å²) < 4.78 is 5.15. The fourth-order valence-corrected chi connectivity index (χ4v) is 5.68. The predicted molar refractivity (Wildman–Crippen MR) is 144 cm³/mol. The molecule has 1 heterocycles. The molecule has 38 heavy (non-hydrogen) atoms. The second-order valence-electron chi connectivity index (χ2n) is 9.44. The van der Waals surface area contributed by atoms with Gasteiger partial charge in [0.25, 0.3) is 5.91 Å². The minimum Gasteiger partial charge on any atom is -0.452 e. The summed E-state index contributed by atoms with van der Waals surface area (Å²) in [5.74, 6) is -2.35. The highest BCUT2D eigenvalue weighted by Crippen LogP contribution is 2.45. The molecule has 0 aromatic heterocycles. The molecule has 0 unspecified atom stereocenters. The summed E-state index contributed by atoms with van der Waals surface area (Å²) in [6.07, 6.45) is 2.09. The number of nitrogens with one attached hydrogen (secondary N) is 1. The van der Waals surface area contributed by atoms with E-state index in [2.05, 4.69) is 17.4 Å². The van der Waals surface area contributed by atoms with E-state index in [1.54, 1.807) is 18.2 Å². The van der Waals surface area contributed by atoms with Gasteiger partial charge in [-0.05, 0) is 67.1 Å². The number of benzene rings is 3. The van der Waals surface area contributed by atoms with Gasteiger partial charge in [-0.3, -0.25) is 19.3 Å². The van der Waals surface area contributed by atoms with Crippen molar-refractivity contribution in [2.45, 2.75) is 25.2 Å². The summed E-state index contributed by atoms with van der Waals surface area (Å²) in [5, 5.41) is 3.22. The van der Waals surface area contributed by atoms with Crippen LogP contribution in [0.1, 0.15) is 41.1 Å². The highest BCUT2D eigenvalue weighted by molar-refractivity contribution is 6.36. The Kier molecular flexibility index (Phi) is 7.49. The number of carbonyl (C=O) groups excluding carboxylic acids is 4. The van der Waals surface area contributed by atoms with Gasteiger partial charge in [-0.15, -0.1) is 0 Å².